The average Bonchev–Trinajstić information content (AvgIpc) is 2.61. The lowest BCUT2D eigenvalue weighted by molar-refractivity contribution is -0.131. The monoisotopic (exact) mass is 374 g/mol. The van der Waals surface area contributed by atoms with Crippen molar-refractivity contribution in [2.45, 2.75) is 77.8 Å². The number of carbonyl (C=O) groups is 1. The van der Waals surface area contributed by atoms with Crippen LogP contribution in [-0.2, 0) is 14.3 Å². The van der Waals surface area contributed by atoms with E-state index >= 15 is 0 Å². The van der Waals surface area contributed by atoms with Gasteiger partial charge in [0.1, 0.15) is 6.10 Å². The first-order chi connectivity index (χ1) is 12.9. The van der Waals surface area contributed by atoms with E-state index in [4.69, 9.17) is 9.47 Å². The summed E-state index contributed by atoms with van der Waals surface area (Å²) in [7, 11) is 0. The second-order valence-corrected chi connectivity index (χ2v) is 8.37. The number of amides is 1. The maximum atomic E-state index is 12.5. The van der Waals surface area contributed by atoms with E-state index in [0.717, 1.165) is 37.3 Å². The van der Waals surface area contributed by atoms with Crippen molar-refractivity contribution in [2.24, 2.45) is 5.92 Å². The van der Waals surface area contributed by atoms with Crippen LogP contribution in [-0.4, -0.2) is 43.4 Å². The second-order valence-electron chi connectivity index (χ2n) is 8.37. The second kappa shape index (κ2) is 9.07. The molecule has 0 bridgehead atoms. The van der Waals surface area contributed by atoms with Gasteiger partial charge in [-0.3, -0.25) is 4.79 Å². The van der Waals surface area contributed by atoms with E-state index in [1.807, 2.05) is 19.1 Å². The van der Waals surface area contributed by atoms with Crippen molar-refractivity contribution in [1.82, 2.24) is 0 Å². The van der Waals surface area contributed by atoms with Crippen LogP contribution >= 0.6 is 0 Å². The molecule has 1 aromatic rings. The van der Waals surface area contributed by atoms with Gasteiger partial charge < -0.3 is 19.7 Å². The number of nitrogens with zero attached hydrogens (tertiary/aromatic N) is 1. The van der Waals surface area contributed by atoms with Crippen LogP contribution in [0.25, 0.3) is 0 Å². The molecule has 1 aliphatic heterocycles. The van der Waals surface area contributed by atoms with Crippen molar-refractivity contribution in [3.63, 3.8) is 0 Å². The highest BCUT2D eigenvalue weighted by atomic mass is 16.5. The minimum Gasteiger partial charge on any atom is -0.372 e. The molecule has 5 atom stereocenters. The lowest BCUT2D eigenvalue weighted by Crippen LogP contribution is -2.45. The zero-order valence-corrected chi connectivity index (χ0v) is 17.1. The summed E-state index contributed by atoms with van der Waals surface area (Å²) in [6.45, 7) is 10.1. The van der Waals surface area contributed by atoms with Crippen molar-refractivity contribution < 1.29 is 14.3 Å². The smallest absolute Gasteiger partial charge is 0.253 e. The summed E-state index contributed by atoms with van der Waals surface area (Å²) in [6.07, 6.45) is 4.83. The maximum absolute atomic E-state index is 12.5. The minimum atomic E-state index is -0.430. The number of benzene rings is 1. The van der Waals surface area contributed by atoms with Crippen LogP contribution in [0.15, 0.2) is 24.3 Å². The third kappa shape index (κ3) is 5.69. The van der Waals surface area contributed by atoms with Gasteiger partial charge in [-0.15, -0.1) is 0 Å². The summed E-state index contributed by atoms with van der Waals surface area (Å²) in [4.78, 5) is 14.8. The van der Waals surface area contributed by atoms with Crippen LogP contribution in [0.1, 0.15) is 53.4 Å². The van der Waals surface area contributed by atoms with Gasteiger partial charge in [0.15, 0.2) is 0 Å². The predicted octanol–water partition coefficient (Wildman–Crippen LogP) is 4.22. The topological polar surface area (TPSA) is 50.8 Å². The quantitative estimate of drug-likeness (QED) is 0.838. The van der Waals surface area contributed by atoms with Crippen LogP contribution < -0.4 is 10.2 Å². The van der Waals surface area contributed by atoms with Gasteiger partial charge in [-0.25, -0.2) is 0 Å². The van der Waals surface area contributed by atoms with Crippen LogP contribution in [0.2, 0.25) is 0 Å². The molecule has 0 spiro atoms. The van der Waals surface area contributed by atoms with Crippen molar-refractivity contribution in [3.05, 3.63) is 24.3 Å². The highest BCUT2D eigenvalue weighted by molar-refractivity contribution is 5.94. The van der Waals surface area contributed by atoms with Gasteiger partial charge in [0.2, 0.25) is 0 Å². The van der Waals surface area contributed by atoms with Crippen molar-refractivity contribution in [1.29, 1.82) is 0 Å². The van der Waals surface area contributed by atoms with E-state index in [9.17, 15) is 4.79 Å². The third-order valence-electron chi connectivity index (χ3n) is 5.57. The molecule has 5 heteroatoms. The molecule has 1 saturated carbocycles. The van der Waals surface area contributed by atoms with Crippen molar-refractivity contribution in [3.8, 4) is 0 Å². The lowest BCUT2D eigenvalue weighted by atomic mass is 9.88. The standard InChI is InChI=1S/C22H34N2O3/c1-15-6-5-7-21(12-15)27-18(4)22(25)23-19-8-10-20(11-9-19)24-13-16(2)26-17(3)14-24/h8-11,15-18,21H,5-7,12-14H2,1-4H3,(H,23,25)/t15-,16-,17+,18-,21+/m1/s1. The molecule has 1 amide bonds. The number of rotatable bonds is 5. The first-order valence-electron chi connectivity index (χ1n) is 10.4. The Labute approximate surface area is 163 Å². The van der Waals surface area contributed by atoms with E-state index in [2.05, 4.69) is 43.1 Å². The first-order valence-corrected chi connectivity index (χ1v) is 10.4. The van der Waals surface area contributed by atoms with E-state index in [1.54, 1.807) is 0 Å². The Bertz CT molecular complexity index is 608. The summed E-state index contributed by atoms with van der Waals surface area (Å²) >= 11 is 0. The number of hydrogen-bond donors (Lipinski definition) is 1. The fourth-order valence-corrected chi connectivity index (χ4v) is 4.24. The summed E-state index contributed by atoms with van der Waals surface area (Å²) < 4.78 is 11.8. The van der Waals surface area contributed by atoms with Gasteiger partial charge in [0.25, 0.3) is 5.91 Å². The molecule has 1 heterocycles. The van der Waals surface area contributed by atoms with Crippen LogP contribution in [0, 0.1) is 5.92 Å². The van der Waals surface area contributed by atoms with Gasteiger partial charge in [-0.2, -0.15) is 0 Å². The Kier molecular flexibility index (Phi) is 6.77. The third-order valence-corrected chi connectivity index (χ3v) is 5.57. The average molecular weight is 375 g/mol. The van der Waals surface area contributed by atoms with E-state index < -0.39 is 6.10 Å². The van der Waals surface area contributed by atoms with Crippen LogP contribution in [0.4, 0.5) is 11.4 Å². The molecular formula is C22H34N2O3. The van der Waals surface area contributed by atoms with Gasteiger partial charge >= 0.3 is 0 Å². The minimum absolute atomic E-state index is 0.0745. The molecule has 0 radical (unpaired) electrons. The summed E-state index contributed by atoms with van der Waals surface area (Å²) in [6, 6.07) is 8.06. The van der Waals surface area contributed by atoms with Gasteiger partial charge in [0, 0.05) is 24.5 Å². The first kappa shape index (κ1) is 20.2. The Balaban J connectivity index is 1.52. The Morgan fingerprint density at radius 1 is 1.15 bits per heavy atom. The van der Waals surface area contributed by atoms with Crippen molar-refractivity contribution in [2.75, 3.05) is 23.3 Å². The predicted molar refractivity (Wildman–Crippen MR) is 109 cm³/mol. The molecule has 2 aliphatic rings. The fourth-order valence-electron chi connectivity index (χ4n) is 4.24. The highest BCUT2D eigenvalue weighted by Crippen LogP contribution is 2.27. The molecule has 27 heavy (non-hydrogen) atoms. The van der Waals surface area contributed by atoms with E-state index in [-0.39, 0.29) is 24.2 Å². The number of ether oxygens (including phenoxy) is 2. The molecule has 5 nitrogen and oxygen atoms in total. The van der Waals surface area contributed by atoms with Gasteiger partial charge in [0.05, 0.1) is 18.3 Å². The summed E-state index contributed by atoms with van der Waals surface area (Å²) in [5.74, 6) is 0.617. The number of hydrogen-bond acceptors (Lipinski definition) is 4. The zero-order chi connectivity index (χ0) is 19.4. The van der Waals surface area contributed by atoms with Gasteiger partial charge in [-0.05, 0) is 63.8 Å². The highest BCUT2D eigenvalue weighted by Gasteiger charge is 2.25. The van der Waals surface area contributed by atoms with Crippen molar-refractivity contribution >= 4 is 17.3 Å². The molecule has 1 saturated heterocycles. The fraction of sp³-hybridized carbons (Fsp3) is 0.682. The molecule has 1 aliphatic carbocycles. The molecule has 150 valence electrons. The molecular weight excluding hydrogens is 340 g/mol. The number of morpholine rings is 1. The van der Waals surface area contributed by atoms with Crippen LogP contribution in [0.5, 0.6) is 0 Å². The summed E-state index contributed by atoms with van der Waals surface area (Å²) in [5.41, 5.74) is 1.97. The van der Waals surface area contributed by atoms with E-state index in [1.165, 1.54) is 12.8 Å². The Hall–Kier alpha value is -1.59. The zero-order valence-electron chi connectivity index (χ0n) is 17.1. The number of anilines is 2. The molecule has 2 fully saturated rings. The lowest BCUT2D eigenvalue weighted by Gasteiger charge is -2.36. The Morgan fingerprint density at radius 2 is 1.81 bits per heavy atom. The molecule has 1 aromatic carbocycles. The largest absolute Gasteiger partial charge is 0.372 e. The SMILES string of the molecule is C[C@@H]1CCC[C@H](O[C@H](C)C(=O)Nc2ccc(N3C[C@@H](C)O[C@@H](C)C3)cc2)C1. The maximum Gasteiger partial charge on any atom is 0.253 e. The normalized spacial score (nSPS) is 30.0. The number of carbonyl (C=O) groups excluding carboxylic acids is 1. The Morgan fingerprint density at radius 3 is 2.44 bits per heavy atom. The number of nitrogens with one attached hydrogen (secondary N) is 1. The van der Waals surface area contributed by atoms with E-state index in [0.29, 0.717) is 5.92 Å². The molecule has 0 aromatic heterocycles. The summed E-state index contributed by atoms with van der Waals surface area (Å²) in [5, 5.41) is 2.98. The van der Waals surface area contributed by atoms with Gasteiger partial charge in [-0.1, -0.05) is 19.8 Å². The molecule has 0 unspecified atom stereocenters. The van der Waals surface area contributed by atoms with Crippen LogP contribution in [0.3, 0.4) is 0 Å². The molecule has 1 N–H and O–H groups in total. The molecule has 3 rings (SSSR count).